The summed E-state index contributed by atoms with van der Waals surface area (Å²) in [6.45, 7) is 6.77. The van der Waals surface area contributed by atoms with Gasteiger partial charge in [-0.15, -0.1) is 12.4 Å². The average molecular weight is 516 g/mol. The molecule has 0 bridgehead atoms. The van der Waals surface area contributed by atoms with Crippen molar-refractivity contribution in [1.29, 1.82) is 0 Å². The van der Waals surface area contributed by atoms with Gasteiger partial charge in [-0.05, 0) is 84.7 Å². The molecule has 1 aliphatic rings. The van der Waals surface area contributed by atoms with E-state index in [1.165, 1.54) is 16.3 Å². The van der Waals surface area contributed by atoms with Crippen LogP contribution in [-0.4, -0.2) is 23.7 Å². The molecule has 4 aromatic rings. The summed E-state index contributed by atoms with van der Waals surface area (Å²) >= 11 is 0. The van der Waals surface area contributed by atoms with Gasteiger partial charge in [0.25, 0.3) is 0 Å². The molecule has 0 aliphatic carbocycles. The molecule has 0 radical (unpaired) electrons. The van der Waals surface area contributed by atoms with Crippen LogP contribution in [0.15, 0.2) is 78.9 Å². The second kappa shape index (κ2) is 11.3. The first kappa shape index (κ1) is 26.6. The second-order valence-corrected chi connectivity index (χ2v) is 9.93. The number of rotatable bonds is 7. The summed E-state index contributed by atoms with van der Waals surface area (Å²) in [5.41, 5.74) is 5.29. The predicted octanol–water partition coefficient (Wildman–Crippen LogP) is 8.45. The quantitative estimate of drug-likeness (QED) is 0.268. The highest BCUT2D eigenvalue weighted by Crippen LogP contribution is 2.41. The Labute approximate surface area is 225 Å². The Morgan fingerprint density at radius 1 is 0.973 bits per heavy atom. The number of fused-ring (bicyclic) bond motifs is 2. The number of carboxylic acid groups (broad SMARTS) is 1. The lowest BCUT2D eigenvalue weighted by Gasteiger charge is -2.37. The van der Waals surface area contributed by atoms with Crippen molar-refractivity contribution in [2.45, 2.75) is 52.1 Å². The van der Waals surface area contributed by atoms with Gasteiger partial charge < -0.3 is 14.7 Å². The van der Waals surface area contributed by atoms with Crippen LogP contribution in [0.5, 0.6) is 5.75 Å². The van der Waals surface area contributed by atoms with E-state index >= 15 is 0 Å². The molecule has 192 valence electrons. The standard InChI is InChI=1S/C32H33NO3.ClH/c1-21(26-15-9-12-24-11-4-5-14-27(24)26)10-8-13-25-20-33(29-16-6-7-17-30(29)36-25)28-19-18-22(2)31(23(28)3)32(34)35;/h4-7,9,11-12,14-19,21,25H,8,10,13,20H2,1-3H3,(H,34,35);1H/t21-,25?;/m0./s1. The van der Waals surface area contributed by atoms with Crippen molar-refractivity contribution >= 4 is 40.5 Å². The molecule has 2 atom stereocenters. The van der Waals surface area contributed by atoms with E-state index in [1.54, 1.807) is 0 Å². The minimum Gasteiger partial charge on any atom is -0.486 e. The molecule has 5 rings (SSSR count). The highest BCUT2D eigenvalue weighted by molar-refractivity contribution is 5.94. The third kappa shape index (κ3) is 5.30. The van der Waals surface area contributed by atoms with Gasteiger partial charge in [-0.2, -0.15) is 0 Å². The molecule has 0 aromatic heterocycles. The predicted molar refractivity (Wildman–Crippen MR) is 154 cm³/mol. The maximum Gasteiger partial charge on any atom is 0.336 e. The molecule has 0 amide bonds. The van der Waals surface area contributed by atoms with Gasteiger partial charge in [-0.25, -0.2) is 4.79 Å². The van der Waals surface area contributed by atoms with E-state index in [0.717, 1.165) is 47.5 Å². The van der Waals surface area contributed by atoms with Gasteiger partial charge in [-0.3, -0.25) is 0 Å². The molecule has 1 heterocycles. The first-order chi connectivity index (χ1) is 17.4. The molecule has 1 N–H and O–H groups in total. The molecule has 5 heteroatoms. The molecular weight excluding hydrogens is 482 g/mol. The number of hydrogen-bond donors (Lipinski definition) is 1. The Morgan fingerprint density at radius 2 is 1.70 bits per heavy atom. The number of aromatic carboxylic acids is 1. The lowest BCUT2D eigenvalue weighted by Crippen LogP contribution is -2.37. The normalized spacial score (nSPS) is 15.4. The highest BCUT2D eigenvalue weighted by atomic mass is 35.5. The summed E-state index contributed by atoms with van der Waals surface area (Å²) < 4.78 is 6.42. The van der Waals surface area contributed by atoms with E-state index < -0.39 is 5.97 Å². The Morgan fingerprint density at radius 3 is 2.51 bits per heavy atom. The summed E-state index contributed by atoms with van der Waals surface area (Å²) in [5.74, 6) is 0.431. The average Bonchev–Trinajstić information content (AvgIpc) is 2.88. The van der Waals surface area contributed by atoms with Crippen molar-refractivity contribution in [1.82, 2.24) is 0 Å². The van der Waals surface area contributed by atoms with E-state index in [4.69, 9.17) is 4.74 Å². The zero-order chi connectivity index (χ0) is 25.2. The smallest absolute Gasteiger partial charge is 0.336 e. The van der Waals surface area contributed by atoms with Crippen LogP contribution in [0.2, 0.25) is 0 Å². The number of carbonyl (C=O) groups is 1. The fourth-order valence-electron chi connectivity index (χ4n) is 5.62. The first-order valence-corrected chi connectivity index (χ1v) is 12.8. The van der Waals surface area contributed by atoms with Gasteiger partial charge in [0.15, 0.2) is 0 Å². The van der Waals surface area contributed by atoms with Gasteiger partial charge in [0.1, 0.15) is 11.9 Å². The van der Waals surface area contributed by atoms with Crippen LogP contribution >= 0.6 is 12.4 Å². The first-order valence-electron chi connectivity index (χ1n) is 12.8. The molecule has 0 spiro atoms. The minimum absolute atomic E-state index is 0. The Balaban J connectivity index is 0.00000320. The number of carboxylic acids is 1. The largest absolute Gasteiger partial charge is 0.486 e. The number of benzene rings is 4. The van der Waals surface area contributed by atoms with Gasteiger partial charge >= 0.3 is 5.97 Å². The zero-order valence-corrected chi connectivity index (χ0v) is 22.4. The molecular formula is C32H34ClNO3. The summed E-state index contributed by atoms with van der Waals surface area (Å²) in [6.07, 6.45) is 3.12. The number of nitrogens with zero attached hydrogens (tertiary/aromatic N) is 1. The number of ether oxygens (including phenoxy) is 1. The SMILES string of the molecule is Cc1ccc(N2CC(CCC[C@H](C)c3cccc4ccccc34)Oc3ccccc32)c(C)c1C(=O)O.Cl. The van der Waals surface area contributed by atoms with E-state index in [9.17, 15) is 9.90 Å². The van der Waals surface area contributed by atoms with Crippen LogP contribution in [0.4, 0.5) is 11.4 Å². The zero-order valence-electron chi connectivity index (χ0n) is 21.6. The maximum absolute atomic E-state index is 11.9. The van der Waals surface area contributed by atoms with Crippen molar-refractivity contribution in [2.24, 2.45) is 0 Å². The molecule has 1 unspecified atom stereocenters. The summed E-state index contributed by atoms with van der Waals surface area (Å²) in [4.78, 5) is 14.2. The summed E-state index contributed by atoms with van der Waals surface area (Å²) in [5, 5.41) is 12.4. The number of hydrogen-bond acceptors (Lipinski definition) is 3. The van der Waals surface area contributed by atoms with E-state index in [0.29, 0.717) is 18.0 Å². The van der Waals surface area contributed by atoms with Gasteiger partial charge in [0.2, 0.25) is 0 Å². The van der Waals surface area contributed by atoms with Gasteiger partial charge in [0.05, 0.1) is 17.8 Å². The fourth-order valence-corrected chi connectivity index (χ4v) is 5.62. The number of halogens is 1. The minimum atomic E-state index is -0.882. The van der Waals surface area contributed by atoms with Crippen molar-refractivity contribution in [3.8, 4) is 5.75 Å². The van der Waals surface area contributed by atoms with E-state index in [-0.39, 0.29) is 18.5 Å². The molecule has 4 nitrogen and oxygen atoms in total. The third-order valence-electron chi connectivity index (χ3n) is 7.50. The maximum atomic E-state index is 11.9. The Hall–Kier alpha value is -3.50. The molecule has 0 saturated heterocycles. The van der Waals surface area contributed by atoms with Crippen LogP contribution in [0, 0.1) is 13.8 Å². The highest BCUT2D eigenvalue weighted by Gasteiger charge is 2.28. The lowest BCUT2D eigenvalue weighted by atomic mass is 9.90. The second-order valence-electron chi connectivity index (χ2n) is 9.93. The molecule has 0 fully saturated rings. The number of aryl methyl sites for hydroxylation is 1. The van der Waals surface area contributed by atoms with Gasteiger partial charge in [-0.1, -0.05) is 67.6 Å². The fraction of sp³-hybridized carbons (Fsp3) is 0.281. The number of anilines is 2. The monoisotopic (exact) mass is 515 g/mol. The van der Waals surface area contributed by atoms with Crippen LogP contribution in [0.25, 0.3) is 10.8 Å². The van der Waals surface area contributed by atoms with Crippen LogP contribution in [0.1, 0.15) is 59.2 Å². The van der Waals surface area contributed by atoms with Crippen LogP contribution < -0.4 is 9.64 Å². The van der Waals surface area contributed by atoms with Crippen molar-refractivity contribution in [3.63, 3.8) is 0 Å². The summed E-state index contributed by atoms with van der Waals surface area (Å²) in [7, 11) is 0. The molecule has 4 aromatic carbocycles. The lowest BCUT2D eigenvalue weighted by molar-refractivity contribution is 0.0695. The van der Waals surface area contributed by atoms with Crippen molar-refractivity contribution < 1.29 is 14.6 Å². The number of para-hydroxylation sites is 2. The molecule has 37 heavy (non-hydrogen) atoms. The molecule has 1 aliphatic heterocycles. The van der Waals surface area contributed by atoms with Gasteiger partial charge in [0, 0.05) is 5.69 Å². The van der Waals surface area contributed by atoms with Crippen LogP contribution in [0.3, 0.4) is 0 Å². The third-order valence-corrected chi connectivity index (χ3v) is 7.50. The van der Waals surface area contributed by atoms with Crippen molar-refractivity contribution in [3.05, 3.63) is 101 Å². The Kier molecular flexibility index (Phi) is 8.09. The summed E-state index contributed by atoms with van der Waals surface area (Å²) in [6, 6.07) is 27.2. The van der Waals surface area contributed by atoms with E-state index in [2.05, 4.69) is 54.3 Å². The van der Waals surface area contributed by atoms with E-state index in [1.807, 2.05) is 50.2 Å². The molecule has 0 saturated carbocycles. The van der Waals surface area contributed by atoms with Crippen LogP contribution in [-0.2, 0) is 0 Å². The Bertz CT molecular complexity index is 1410. The topological polar surface area (TPSA) is 49.8 Å². The van der Waals surface area contributed by atoms with Crippen molar-refractivity contribution in [2.75, 3.05) is 11.4 Å².